The van der Waals surface area contributed by atoms with E-state index in [1.54, 1.807) is 17.0 Å². The molecule has 0 bridgehead atoms. The molecule has 1 aromatic rings. The van der Waals surface area contributed by atoms with Crippen molar-refractivity contribution in [2.24, 2.45) is 0 Å². The van der Waals surface area contributed by atoms with Gasteiger partial charge in [-0.25, -0.2) is 4.39 Å². The van der Waals surface area contributed by atoms with E-state index < -0.39 is 0 Å². The molecule has 5 nitrogen and oxygen atoms in total. The van der Waals surface area contributed by atoms with Crippen molar-refractivity contribution >= 4 is 11.8 Å². The molecule has 0 aliphatic carbocycles. The Labute approximate surface area is 123 Å². The highest BCUT2D eigenvalue weighted by atomic mass is 19.1. The van der Waals surface area contributed by atoms with E-state index >= 15 is 0 Å². The molecule has 0 radical (unpaired) electrons. The van der Waals surface area contributed by atoms with Crippen LogP contribution in [0.25, 0.3) is 0 Å². The van der Waals surface area contributed by atoms with Crippen LogP contribution in [0.2, 0.25) is 0 Å². The molecule has 0 atom stereocenters. The fraction of sp³-hybridized carbons (Fsp3) is 0.467. The lowest BCUT2D eigenvalue weighted by Gasteiger charge is -2.19. The van der Waals surface area contributed by atoms with Gasteiger partial charge in [0.15, 0.2) is 0 Å². The summed E-state index contributed by atoms with van der Waals surface area (Å²) in [6.07, 6.45) is 1.33. The molecular formula is C15H19FN2O3. The fourth-order valence-corrected chi connectivity index (χ4v) is 2.12. The number of amides is 2. The van der Waals surface area contributed by atoms with E-state index in [1.165, 1.54) is 12.1 Å². The Hall–Kier alpha value is -2.11. The van der Waals surface area contributed by atoms with Crippen molar-refractivity contribution in [1.29, 1.82) is 0 Å². The maximum Gasteiger partial charge on any atom is 0.222 e. The molecule has 21 heavy (non-hydrogen) atoms. The molecule has 0 unspecified atom stereocenters. The van der Waals surface area contributed by atoms with Crippen molar-refractivity contribution in [3.8, 4) is 5.75 Å². The Morgan fingerprint density at radius 2 is 2.05 bits per heavy atom. The van der Waals surface area contributed by atoms with Gasteiger partial charge in [0.1, 0.15) is 11.6 Å². The zero-order valence-corrected chi connectivity index (χ0v) is 11.8. The van der Waals surface area contributed by atoms with Crippen molar-refractivity contribution in [3.63, 3.8) is 0 Å². The third-order valence-electron chi connectivity index (χ3n) is 3.28. The van der Waals surface area contributed by atoms with Gasteiger partial charge in [0.2, 0.25) is 11.8 Å². The van der Waals surface area contributed by atoms with Crippen LogP contribution in [0.3, 0.4) is 0 Å². The third-order valence-corrected chi connectivity index (χ3v) is 3.28. The number of hydrogen-bond acceptors (Lipinski definition) is 3. The van der Waals surface area contributed by atoms with Gasteiger partial charge < -0.3 is 15.0 Å². The molecule has 2 rings (SSSR count). The molecule has 114 valence electrons. The molecule has 0 aromatic heterocycles. The molecule has 0 spiro atoms. The van der Waals surface area contributed by atoms with Crippen LogP contribution >= 0.6 is 0 Å². The average Bonchev–Trinajstić information content (AvgIpc) is 2.70. The highest BCUT2D eigenvalue weighted by molar-refractivity contribution is 5.80. The summed E-state index contributed by atoms with van der Waals surface area (Å²) < 4.78 is 18.1. The van der Waals surface area contributed by atoms with Crippen LogP contribution in [0, 0.1) is 5.82 Å². The molecular weight excluding hydrogens is 275 g/mol. The van der Waals surface area contributed by atoms with E-state index in [2.05, 4.69) is 5.32 Å². The minimum Gasteiger partial charge on any atom is -0.494 e. The van der Waals surface area contributed by atoms with Crippen LogP contribution < -0.4 is 10.1 Å². The van der Waals surface area contributed by atoms with Crippen LogP contribution in [0.15, 0.2) is 24.3 Å². The molecule has 1 saturated heterocycles. The van der Waals surface area contributed by atoms with E-state index in [0.717, 1.165) is 0 Å². The molecule has 6 heteroatoms. The van der Waals surface area contributed by atoms with Gasteiger partial charge in [-0.3, -0.25) is 9.59 Å². The second-order valence-corrected chi connectivity index (χ2v) is 4.89. The molecule has 1 aliphatic heterocycles. The second kappa shape index (κ2) is 7.61. The zero-order valence-electron chi connectivity index (χ0n) is 11.8. The molecule has 0 saturated carbocycles. The minimum atomic E-state index is -0.304. The van der Waals surface area contributed by atoms with E-state index in [1.807, 2.05) is 0 Å². The lowest BCUT2D eigenvalue weighted by Crippen LogP contribution is -2.34. The number of rotatable bonds is 5. The molecule has 2 amide bonds. The molecule has 1 N–H and O–H groups in total. The number of carbonyl (C=O) groups excluding carboxylic acids is 2. The minimum absolute atomic E-state index is 0.00931. The van der Waals surface area contributed by atoms with Gasteiger partial charge in [-0.1, -0.05) is 0 Å². The topological polar surface area (TPSA) is 58.6 Å². The summed E-state index contributed by atoms with van der Waals surface area (Å²) in [5.41, 5.74) is 0. The highest BCUT2D eigenvalue weighted by Crippen LogP contribution is 2.11. The molecule has 1 fully saturated rings. The Balaban J connectivity index is 1.67. The summed E-state index contributed by atoms with van der Waals surface area (Å²) in [5, 5.41) is 2.73. The lowest BCUT2D eigenvalue weighted by molar-refractivity contribution is -0.131. The third kappa shape index (κ3) is 5.06. The summed E-state index contributed by atoms with van der Waals surface area (Å²) in [7, 11) is 0. The normalized spacial score (nSPS) is 15.3. The summed E-state index contributed by atoms with van der Waals surface area (Å²) >= 11 is 0. The standard InChI is InChI=1S/C15H19FN2O3/c16-12-3-5-13(6-4-12)21-11-1-2-15(20)18-9-7-14(19)17-8-10-18/h3-6H,1-2,7-11H2,(H,17,19). The number of nitrogens with zero attached hydrogens (tertiary/aromatic N) is 1. The van der Waals surface area contributed by atoms with Gasteiger partial charge >= 0.3 is 0 Å². The van der Waals surface area contributed by atoms with Crippen LogP contribution in [0.4, 0.5) is 4.39 Å². The van der Waals surface area contributed by atoms with Crippen LogP contribution in [-0.4, -0.2) is 43.0 Å². The second-order valence-electron chi connectivity index (χ2n) is 4.89. The predicted molar refractivity (Wildman–Crippen MR) is 75.3 cm³/mol. The zero-order chi connectivity index (χ0) is 15.1. The quantitative estimate of drug-likeness (QED) is 0.834. The first-order chi connectivity index (χ1) is 10.1. The maximum absolute atomic E-state index is 12.7. The van der Waals surface area contributed by atoms with Crippen LogP contribution in [0.5, 0.6) is 5.75 Å². The smallest absolute Gasteiger partial charge is 0.222 e. The fourth-order valence-electron chi connectivity index (χ4n) is 2.12. The van der Waals surface area contributed by atoms with Crippen molar-refractivity contribution in [3.05, 3.63) is 30.1 Å². The van der Waals surface area contributed by atoms with Crippen molar-refractivity contribution in [2.45, 2.75) is 19.3 Å². The number of nitrogens with one attached hydrogen (secondary N) is 1. The number of halogens is 1. The summed E-state index contributed by atoms with van der Waals surface area (Å²) in [6, 6.07) is 5.79. The van der Waals surface area contributed by atoms with E-state index in [0.29, 0.717) is 51.3 Å². The first kappa shape index (κ1) is 15.3. The predicted octanol–water partition coefficient (Wildman–Crippen LogP) is 1.33. The highest BCUT2D eigenvalue weighted by Gasteiger charge is 2.17. The summed E-state index contributed by atoms with van der Waals surface area (Å²) in [5.74, 6) is 0.314. The molecule has 1 heterocycles. The van der Waals surface area contributed by atoms with E-state index in [-0.39, 0.29) is 17.6 Å². The largest absolute Gasteiger partial charge is 0.494 e. The molecule has 1 aliphatic rings. The van der Waals surface area contributed by atoms with Crippen LogP contribution in [-0.2, 0) is 9.59 Å². The summed E-state index contributed by atoms with van der Waals surface area (Å²) in [6.45, 7) is 1.95. The van der Waals surface area contributed by atoms with Gasteiger partial charge in [-0.05, 0) is 30.7 Å². The van der Waals surface area contributed by atoms with Gasteiger partial charge in [-0.15, -0.1) is 0 Å². The van der Waals surface area contributed by atoms with Gasteiger partial charge in [0.25, 0.3) is 0 Å². The Morgan fingerprint density at radius 3 is 2.81 bits per heavy atom. The Bertz CT molecular complexity index is 490. The monoisotopic (exact) mass is 294 g/mol. The number of ether oxygens (including phenoxy) is 1. The van der Waals surface area contributed by atoms with Crippen LogP contribution in [0.1, 0.15) is 19.3 Å². The number of benzene rings is 1. The lowest BCUT2D eigenvalue weighted by atomic mass is 10.2. The van der Waals surface area contributed by atoms with Gasteiger partial charge in [0.05, 0.1) is 6.61 Å². The van der Waals surface area contributed by atoms with Crippen molar-refractivity contribution < 1.29 is 18.7 Å². The summed E-state index contributed by atoms with van der Waals surface area (Å²) in [4.78, 5) is 24.9. The van der Waals surface area contributed by atoms with E-state index in [4.69, 9.17) is 4.74 Å². The van der Waals surface area contributed by atoms with Crippen molar-refractivity contribution in [1.82, 2.24) is 10.2 Å². The SMILES string of the molecule is O=C1CCN(C(=O)CCCOc2ccc(F)cc2)CCN1. The Kier molecular flexibility index (Phi) is 5.54. The number of carbonyl (C=O) groups is 2. The van der Waals surface area contributed by atoms with Crippen molar-refractivity contribution in [2.75, 3.05) is 26.2 Å². The maximum atomic E-state index is 12.7. The first-order valence-electron chi connectivity index (χ1n) is 7.08. The first-order valence-corrected chi connectivity index (χ1v) is 7.08. The average molecular weight is 294 g/mol. The number of hydrogen-bond donors (Lipinski definition) is 1. The Morgan fingerprint density at radius 1 is 1.29 bits per heavy atom. The molecule has 1 aromatic carbocycles. The van der Waals surface area contributed by atoms with E-state index in [9.17, 15) is 14.0 Å². The van der Waals surface area contributed by atoms with Gasteiger partial charge in [-0.2, -0.15) is 0 Å². The van der Waals surface area contributed by atoms with Gasteiger partial charge in [0, 0.05) is 32.5 Å².